The molecule has 2 rings (SSSR count). The molecule has 1 heterocycles. The molecule has 0 spiro atoms. The Kier molecular flexibility index (Phi) is 0.745. The van der Waals surface area contributed by atoms with Gasteiger partial charge in [0.1, 0.15) is 0 Å². The highest BCUT2D eigenvalue weighted by atomic mass is 15.2. The monoisotopic (exact) mass is 110 g/mol. The van der Waals surface area contributed by atoms with E-state index in [-0.39, 0.29) is 0 Å². The lowest BCUT2D eigenvalue weighted by atomic mass is 10.6. The molecule has 0 amide bonds. The first-order valence-corrected chi connectivity index (χ1v) is 3.16. The summed E-state index contributed by atoms with van der Waals surface area (Å²) < 4.78 is 0. The molecule has 1 saturated heterocycles. The minimum absolute atomic E-state index is 1.11. The van der Waals surface area contributed by atoms with E-state index in [1.807, 2.05) is 0 Å². The van der Waals surface area contributed by atoms with Crippen LogP contribution in [-0.2, 0) is 0 Å². The van der Waals surface area contributed by atoms with Gasteiger partial charge < -0.3 is 10.6 Å². The fourth-order valence-corrected chi connectivity index (χ4v) is 1.000. The molecule has 0 atom stereocenters. The van der Waals surface area contributed by atoms with Crippen LogP contribution in [0.15, 0.2) is 11.4 Å². The lowest BCUT2D eigenvalue weighted by Crippen LogP contribution is -2.09. The Hall–Kier alpha value is -0.660. The summed E-state index contributed by atoms with van der Waals surface area (Å²) in [4.78, 5) is 0. The Labute approximate surface area is 49.0 Å². The van der Waals surface area contributed by atoms with Crippen LogP contribution in [0.2, 0.25) is 0 Å². The predicted octanol–water partition coefficient (Wildman–Crippen LogP) is 0.185. The van der Waals surface area contributed by atoms with Gasteiger partial charge in [0.15, 0.2) is 0 Å². The van der Waals surface area contributed by atoms with Crippen molar-refractivity contribution in [3.8, 4) is 0 Å². The molecule has 0 aromatic rings. The average molecular weight is 110 g/mol. The normalized spacial score (nSPS) is 25.0. The van der Waals surface area contributed by atoms with Crippen LogP contribution in [0.25, 0.3) is 0 Å². The zero-order valence-electron chi connectivity index (χ0n) is 4.83. The molecule has 0 unspecified atom stereocenters. The van der Waals surface area contributed by atoms with Crippen LogP contribution >= 0.6 is 0 Å². The first-order chi connectivity index (χ1) is 3.97. The van der Waals surface area contributed by atoms with Gasteiger partial charge in [0, 0.05) is 13.1 Å². The highest BCUT2D eigenvalue weighted by Gasteiger charge is 2.19. The van der Waals surface area contributed by atoms with Crippen molar-refractivity contribution in [2.24, 2.45) is 0 Å². The van der Waals surface area contributed by atoms with Crippen LogP contribution in [0.3, 0.4) is 0 Å². The van der Waals surface area contributed by atoms with E-state index in [1.54, 1.807) is 5.57 Å². The lowest BCUT2D eigenvalue weighted by molar-refractivity contribution is 0.942. The highest BCUT2D eigenvalue weighted by Crippen LogP contribution is 2.29. The first kappa shape index (κ1) is 4.24. The zero-order chi connectivity index (χ0) is 5.40. The third kappa shape index (κ3) is 0.565. The Morgan fingerprint density at radius 2 is 1.62 bits per heavy atom. The van der Waals surface area contributed by atoms with Gasteiger partial charge in [0.2, 0.25) is 0 Å². The van der Waals surface area contributed by atoms with E-state index in [2.05, 4.69) is 10.6 Å². The summed E-state index contributed by atoms with van der Waals surface area (Å²) in [7, 11) is 0. The summed E-state index contributed by atoms with van der Waals surface area (Å²) in [6, 6.07) is 0. The third-order valence-electron chi connectivity index (χ3n) is 1.58. The van der Waals surface area contributed by atoms with Crippen molar-refractivity contribution in [1.82, 2.24) is 10.6 Å². The van der Waals surface area contributed by atoms with E-state index in [0.29, 0.717) is 0 Å². The molecule has 0 bridgehead atoms. The molecule has 1 aliphatic heterocycles. The molecule has 0 radical (unpaired) electrons. The van der Waals surface area contributed by atoms with Crippen molar-refractivity contribution in [2.75, 3.05) is 13.1 Å². The quantitative estimate of drug-likeness (QED) is 0.465. The summed E-state index contributed by atoms with van der Waals surface area (Å²) in [6.07, 6.45) is 2.63. The number of allylic oxidation sites excluding steroid dienone is 1. The second-order valence-electron chi connectivity index (χ2n) is 2.33. The van der Waals surface area contributed by atoms with Crippen molar-refractivity contribution >= 4 is 0 Å². The van der Waals surface area contributed by atoms with E-state index in [4.69, 9.17) is 0 Å². The Morgan fingerprint density at radius 3 is 2.12 bits per heavy atom. The molecule has 2 nitrogen and oxygen atoms in total. The molecule has 0 aromatic carbocycles. The number of hydrogen-bond acceptors (Lipinski definition) is 2. The Bertz CT molecular complexity index is 123. The van der Waals surface area contributed by atoms with Crippen LogP contribution in [-0.4, -0.2) is 13.1 Å². The van der Waals surface area contributed by atoms with Gasteiger partial charge in [-0.15, -0.1) is 0 Å². The van der Waals surface area contributed by atoms with Gasteiger partial charge in [0.25, 0.3) is 0 Å². The average Bonchev–Trinajstić information content (AvgIpc) is 2.49. The standard InChI is InChI=1S/C6H10N2/c1-2-5(1)6-7-3-4-8-6/h7-8H,1-4H2. The predicted molar refractivity (Wildman–Crippen MR) is 32.3 cm³/mol. The number of rotatable bonds is 0. The molecule has 2 heteroatoms. The van der Waals surface area contributed by atoms with Gasteiger partial charge in [-0.2, -0.15) is 0 Å². The van der Waals surface area contributed by atoms with Gasteiger partial charge in [0.05, 0.1) is 5.82 Å². The Balaban J connectivity index is 2.14. The maximum Gasteiger partial charge on any atom is 0.0979 e. The van der Waals surface area contributed by atoms with Crippen LogP contribution in [0.4, 0.5) is 0 Å². The summed E-state index contributed by atoms with van der Waals surface area (Å²) in [5.74, 6) is 1.32. The summed E-state index contributed by atoms with van der Waals surface area (Å²) in [6.45, 7) is 2.22. The molecule has 8 heavy (non-hydrogen) atoms. The van der Waals surface area contributed by atoms with Gasteiger partial charge in [-0.3, -0.25) is 0 Å². The molecule has 44 valence electrons. The van der Waals surface area contributed by atoms with Crippen molar-refractivity contribution in [2.45, 2.75) is 12.8 Å². The van der Waals surface area contributed by atoms with Gasteiger partial charge in [-0.05, 0) is 18.4 Å². The van der Waals surface area contributed by atoms with E-state index in [9.17, 15) is 0 Å². The van der Waals surface area contributed by atoms with E-state index >= 15 is 0 Å². The Morgan fingerprint density at radius 1 is 1.00 bits per heavy atom. The van der Waals surface area contributed by atoms with Gasteiger partial charge in [-0.1, -0.05) is 0 Å². The van der Waals surface area contributed by atoms with Crippen molar-refractivity contribution in [3.05, 3.63) is 11.4 Å². The van der Waals surface area contributed by atoms with E-state index < -0.39 is 0 Å². The SMILES string of the molecule is C1CNC(=C2CC2)N1. The fourth-order valence-electron chi connectivity index (χ4n) is 1.000. The largest absolute Gasteiger partial charge is 0.370 e. The van der Waals surface area contributed by atoms with Crippen LogP contribution in [0.1, 0.15) is 12.8 Å². The molecule has 0 aromatic heterocycles. The van der Waals surface area contributed by atoms with Crippen LogP contribution in [0, 0.1) is 0 Å². The molecule has 1 saturated carbocycles. The van der Waals surface area contributed by atoms with Crippen LogP contribution in [0.5, 0.6) is 0 Å². The molecule has 2 aliphatic rings. The topological polar surface area (TPSA) is 24.1 Å². The molecule has 2 N–H and O–H groups in total. The van der Waals surface area contributed by atoms with Crippen molar-refractivity contribution in [3.63, 3.8) is 0 Å². The van der Waals surface area contributed by atoms with Gasteiger partial charge >= 0.3 is 0 Å². The van der Waals surface area contributed by atoms with Gasteiger partial charge in [-0.25, -0.2) is 0 Å². The van der Waals surface area contributed by atoms with Crippen molar-refractivity contribution in [1.29, 1.82) is 0 Å². The van der Waals surface area contributed by atoms with Crippen molar-refractivity contribution < 1.29 is 0 Å². The second kappa shape index (κ2) is 1.41. The summed E-state index contributed by atoms with van der Waals surface area (Å²) in [5, 5.41) is 6.57. The minimum Gasteiger partial charge on any atom is -0.370 e. The molecule has 1 aliphatic carbocycles. The highest BCUT2D eigenvalue weighted by molar-refractivity contribution is 5.24. The van der Waals surface area contributed by atoms with Crippen LogP contribution < -0.4 is 10.6 Å². The lowest BCUT2D eigenvalue weighted by Gasteiger charge is -1.94. The number of hydrogen-bond donors (Lipinski definition) is 2. The third-order valence-corrected chi connectivity index (χ3v) is 1.58. The maximum absolute atomic E-state index is 3.29. The zero-order valence-corrected chi connectivity index (χ0v) is 4.83. The molecule has 2 fully saturated rings. The maximum atomic E-state index is 3.29. The fraction of sp³-hybridized carbons (Fsp3) is 0.667. The molecular weight excluding hydrogens is 100 g/mol. The minimum atomic E-state index is 1.11. The molecular formula is C6H10N2. The second-order valence-corrected chi connectivity index (χ2v) is 2.33. The summed E-state index contributed by atoms with van der Waals surface area (Å²) >= 11 is 0. The smallest absolute Gasteiger partial charge is 0.0979 e. The summed E-state index contributed by atoms with van der Waals surface area (Å²) in [5.41, 5.74) is 1.59. The van der Waals surface area contributed by atoms with E-state index in [1.165, 1.54) is 18.7 Å². The first-order valence-electron chi connectivity index (χ1n) is 3.16. The number of nitrogens with one attached hydrogen (secondary N) is 2. The van der Waals surface area contributed by atoms with E-state index in [0.717, 1.165) is 13.1 Å².